The number of hydrogen-bond acceptors (Lipinski definition) is 3. The van der Waals surface area contributed by atoms with Gasteiger partial charge in [-0.25, -0.2) is 9.18 Å². The van der Waals surface area contributed by atoms with Crippen LogP contribution in [0.3, 0.4) is 0 Å². The van der Waals surface area contributed by atoms with Crippen LogP contribution in [0.4, 0.5) is 14.9 Å². The lowest BCUT2D eigenvalue weighted by Crippen LogP contribution is -2.43. The van der Waals surface area contributed by atoms with Crippen molar-refractivity contribution in [3.05, 3.63) is 65.5 Å². The number of nitrogens with zero attached hydrogens (tertiary/aromatic N) is 1. The first-order chi connectivity index (χ1) is 12.1. The molecule has 2 aromatic rings. The van der Waals surface area contributed by atoms with E-state index in [1.807, 2.05) is 30.3 Å². The van der Waals surface area contributed by atoms with E-state index in [0.717, 1.165) is 23.1 Å². The summed E-state index contributed by atoms with van der Waals surface area (Å²) in [7, 11) is 0. The van der Waals surface area contributed by atoms with Gasteiger partial charge in [-0.15, -0.1) is 0 Å². The van der Waals surface area contributed by atoms with Gasteiger partial charge in [-0.05, 0) is 23.8 Å². The zero-order valence-electron chi connectivity index (χ0n) is 13.4. The van der Waals surface area contributed by atoms with Gasteiger partial charge in [-0.3, -0.25) is 4.79 Å². The van der Waals surface area contributed by atoms with Crippen molar-refractivity contribution in [1.82, 2.24) is 4.90 Å². The van der Waals surface area contributed by atoms with E-state index < -0.39 is 11.7 Å². The lowest BCUT2D eigenvalue weighted by molar-refractivity contribution is 0.0996. The molecule has 0 aromatic heterocycles. The minimum atomic E-state index is -0.870. The van der Waals surface area contributed by atoms with Gasteiger partial charge in [0.15, 0.2) is 0 Å². The molecule has 3 rings (SSSR count). The number of anilines is 1. The van der Waals surface area contributed by atoms with Gasteiger partial charge in [-0.1, -0.05) is 30.3 Å². The van der Waals surface area contributed by atoms with Crippen molar-refractivity contribution < 1.29 is 14.0 Å². The van der Waals surface area contributed by atoms with E-state index in [9.17, 15) is 14.0 Å². The number of nitrogens with two attached hydrogens (primary N) is 1. The minimum Gasteiger partial charge on any atom is -0.366 e. The Bertz CT molecular complexity index is 785. The molecule has 0 spiro atoms. The van der Waals surface area contributed by atoms with Crippen LogP contribution in [0.1, 0.15) is 22.0 Å². The van der Waals surface area contributed by atoms with Crippen molar-refractivity contribution in [1.29, 1.82) is 0 Å². The summed E-state index contributed by atoms with van der Waals surface area (Å²) in [4.78, 5) is 25.7. The van der Waals surface area contributed by atoms with Crippen molar-refractivity contribution in [2.45, 2.75) is 6.04 Å². The summed E-state index contributed by atoms with van der Waals surface area (Å²) in [6.45, 7) is 0.611. The highest BCUT2D eigenvalue weighted by molar-refractivity contribution is 7.99. The highest BCUT2D eigenvalue weighted by Crippen LogP contribution is 2.30. The Hall–Kier alpha value is -2.54. The predicted molar refractivity (Wildman–Crippen MR) is 97.2 cm³/mol. The Labute approximate surface area is 149 Å². The summed E-state index contributed by atoms with van der Waals surface area (Å²) in [6, 6.07) is 13.3. The van der Waals surface area contributed by atoms with E-state index in [-0.39, 0.29) is 17.6 Å². The maximum Gasteiger partial charge on any atom is 0.322 e. The molecular weight excluding hydrogens is 341 g/mol. The van der Waals surface area contributed by atoms with Crippen molar-refractivity contribution in [3.8, 4) is 0 Å². The number of primary amides is 1. The van der Waals surface area contributed by atoms with E-state index in [1.54, 1.807) is 16.7 Å². The molecule has 1 saturated heterocycles. The molecule has 1 aliphatic heterocycles. The van der Waals surface area contributed by atoms with Crippen molar-refractivity contribution in [2.24, 2.45) is 5.73 Å². The summed E-state index contributed by atoms with van der Waals surface area (Å²) in [5, 5.41) is 2.74. The standard InChI is InChI=1S/C18H18FN3O2S/c19-15-7-6-13(10-14(15)17(20)23)21-18(24)22-8-9-25-11-16(22)12-4-2-1-3-5-12/h1-7,10,16H,8-9,11H2,(H2,20,23)(H,21,24). The van der Waals surface area contributed by atoms with Crippen LogP contribution in [0.15, 0.2) is 48.5 Å². The molecule has 5 nitrogen and oxygen atoms in total. The van der Waals surface area contributed by atoms with Crippen molar-refractivity contribution >= 4 is 29.4 Å². The number of rotatable bonds is 3. The van der Waals surface area contributed by atoms with E-state index in [2.05, 4.69) is 5.32 Å². The molecule has 0 saturated carbocycles. The number of amides is 3. The number of carbonyl (C=O) groups excluding carboxylic acids is 2. The fraction of sp³-hybridized carbons (Fsp3) is 0.222. The molecule has 130 valence electrons. The second-order valence-electron chi connectivity index (χ2n) is 5.68. The summed E-state index contributed by atoms with van der Waals surface area (Å²) >= 11 is 1.80. The molecule has 0 radical (unpaired) electrons. The molecule has 3 N–H and O–H groups in total. The average molecular weight is 359 g/mol. The van der Waals surface area contributed by atoms with Crippen molar-refractivity contribution in [2.75, 3.05) is 23.4 Å². The topological polar surface area (TPSA) is 75.4 Å². The molecular formula is C18H18FN3O2S. The van der Waals surface area contributed by atoms with Crippen LogP contribution in [0.25, 0.3) is 0 Å². The summed E-state index contributed by atoms with van der Waals surface area (Å²) in [5.41, 5.74) is 6.32. The number of halogens is 1. The van der Waals surface area contributed by atoms with Crippen LogP contribution in [-0.4, -0.2) is 34.9 Å². The highest BCUT2D eigenvalue weighted by Gasteiger charge is 2.28. The second-order valence-corrected chi connectivity index (χ2v) is 6.83. The Balaban J connectivity index is 1.79. The monoisotopic (exact) mass is 359 g/mol. The largest absolute Gasteiger partial charge is 0.366 e. The molecule has 0 bridgehead atoms. The van der Waals surface area contributed by atoms with E-state index >= 15 is 0 Å². The average Bonchev–Trinajstić information content (AvgIpc) is 2.64. The third kappa shape index (κ3) is 3.93. The zero-order valence-corrected chi connectivity index (χ0v) is 14.3. The Kier molecular flexibility index (Phi) is 5.23. The number of hydrogen-bond donors (Lipinski definition) is 2. The van der Waals surface area contributed by atoms with Crippen LogP contribution in [0.2, 0.25) is 0 Å². The van der Waals surface area contributed by atoms with Crippen molar-refractivity contribution in [3.63, 3.8) is 0 Å². The first-order valence-electron chi connectivity index (χ1n) is 7.86. The Morgan fingerprint density at radius 2 is 1.96 bits per heavy atom. The molecule has 2 aromatic carbocycles. The van der Waals surface area contributed by atoms with Gasteiger partial charge in [0, 0.05) is 23.7 Å². The molecule has 25 heavy (non-hydrogen) atoms. The SMILES string of the molecule is NC(=O)c1cc(NC(=O)N2CCSCC2c2ccccc2)ccc1F. The predicted octanol–water partition coefficient (Wildman–Crippen LogP) is 3.25. The second kappa shape index (κ2) is 7.57. The van der Waals surface area contributed by atoms with E-state index in [0.29, 0.717) is 12.2 Å². The Morgan fingerprint density at radius 3 is 2.68 bits per heavy atom. The third-order valence-corrected chi connectivity index (χ3v) is 5.08. The first-order valence-corrected chi connectivity index (χ1v) is 9.01. The smallest absolute Gasteiger partial charge is 0.322 e. The van der Waals surface area contributed by atoms with Crippen LogP contribution >= 0.6 is 11.8 Å². The van der Waals surface area contributed by atoms with E-state index in [1.165, 1.54) is 12.1 Å². The van der Waals surface area contributed by atoms with Gasteiger partial charge in [0.1, 0.15) is 5.82 Å². The lowest BCUT2D eigenvalue weighted by Gasteiger charge is -2.35. The van der Waals surface area contributed by atoms with Crippen LogP contribution in [0, 0.1) is 5.82 Å². The van der Waals surface area contributed by atoms with E-state index in [4.69, 9.17) is 5.73 Å². The highest BCUT2D eigenvalue weighted by atomic mass is 32.2. The van der Waals surface area contributed by atoms with Gasteiger partial charge < -0.3 is 16.0 Å². The fourth-order valence-electron chi connectivity index (χ4n) is 2.79. The summed E-state index contributed by atoms with van der Waals surface area (Å²) < 4.78 is 13.6. The minimum absolute atomic E-state index is 0.0315. The fourth-order valence-corrected chi connectivity index (χ4v) is 3.87. The molecule has 1 atom stereocenters. The van der Waals surface area contributed by atoms with Crippen LogP contribution in [0.5, 0.6) is 0 Å². The zero-order chi connectivity index (χ0) is 17.8. The molecule has 1 aliphatic rings. The Morgan fingerprint density at radius 1 is 1.20 bits per heavy atom. The van der Waals surface area contributed by atoms with Gasteiger partial charge in [0.2, 0.25) is 0 Å². The normalized spacial score (nSPS) is 17.2. The molecule has 1 unspecified atom stereocenters. The van der Waals surface area contributed by atoms with Gasteiger partial charge in [0.05, 0.1) is 11.6 Å². The van der Waals surface area contributed by atoms with Crippen LogP contribution < -0.4 is 11.1 Å². The maximum absolute atomic E-state index is 13.6. The first kappa shape index (κ1) is 17.3. The number of nitrogens with one attached hydrogen (secondary N) is 1. The van der Waals surface area contributed by atoms with Crippen LogP contribution in [-0.2, 0) is 0 Å². The molecule has 7 heteroatoms. The van der Waals surface area contributed by atoms with Gasteiger partial charge in [0.25, 0.3) is 5.91 Å². The number of thioether (sulfide) groups is 1. The third-order valence-electron chi connectivity index (χ3n) is 4.06. The maximum atomic E-state index is 13.6. The number of carbonyl (C=O) groups is 2. The lowest BCUT2D eigenvalue weighted by atomic mass is 10.1. The summed E-state index contributed by atoms with van der Waals surface area (Å²) in [6.07, 6.45) is 0. The quantitative estimate of drug-likeness (QED) is 0.883. The number of urea groups is 1. The number of benzene rings is 2. The summed E-state index contributed by atoms with van der Waals surface area (Å²) in [5.74, 6) is 0.0901. The molecule has 1 heterocycles. The molecule has 1 fully saturated rings. The van der Waals surface area contributed by atoms with Gasteiger partial charge in [-0.2, -0.15) is 11.8 Å². The molecule has 3 amide bonds. The van der Waals surface area contributed by atoms with Gasteiger partial charge >= 0.3 is 6.03 Å². The molecule has 0 aliphatic carbocycles.